The molecule has 0 radical (unpaired) electrons. The van der Waals surface area contributed by atoms with Crippen LogP contribution >= 0.6 is 0 Å². The van der Waals surface area contributed by atoms with Gasteiger partial charge in [0.05, 0.1) is 23.7 Å². The van der Waals surface area contributed by atoms with Crippen LogP contribution in [0.3, 0.4) is 0 Å². The van der Waals surface area contributed by atoms with Gasteiger partial charge in [-0.15, -0.1) is 0 Å². The highest BCUT2D eigenvalue weighted by atomic mass is 16.5. The van der Waals surface area contributed by atoms with Crippen LogP contribution in [0.1, 0.15) is 10.4 Å². The lowest BCUT2D eigenvalue weighted by molar-refractivity contribution is 0.0601. The van der Waals surface area contributed by atoms with Gasteiger partial charge in [-0.25, -0.2) is 9.78 Å². The van der Waals surface area contributed by atoms with E-state index in [-0.39, 0.29) is 11.7 Å². The van der Waals surface area contributed by atoms with Gasteiger partial charge in [0.15, 0.2) is 0 Å². The molecule has 1 heterocycles. The molecule has 5 nitrogen and oxygen atoms in total. The number of aromatic nitrogens is 2. The molecule has 0 saturated heterocycles. The van der Waals surface area contributed by atoms with E-state index in [2.05, 4.69) is 14.7 Å². The van der Waals surface area contributed by atoms with Crippen LogP contribution in [0.5, 0.6) is 5.75 Å². The van der Waals surface area contributed by atoms with Gasteiger partial charge in [-0.05, 0) is 30.3 Å². The number of esters is 1. The van der Waals surface area contributed by atoms with Crippen molar-refractivity contribution < 1.29 is 14.6 Å². The number of nitrogens with one attached hydrogen (secondary N) is 1. The molecule has 0 unspecified atom stereocenters. The first-order chi connectivity index (χ1) is 9.67. The average molecular weight is 268 g/mol. The molecule has 20 heavy (non-hydrogen) atoms. The predicted octanol–water partition coefficient (Wildman–Crippen LogP) is 2.72. The van der Waals surface area contributed by atoms with Gasteiger partial charge in [0, 0.05) is 5.56 Å². The summed E-state index contributed by atoms with van der Waals surface area (Å²) in [7, 11) is 1.34. The van der Waals surface area contributed by atoms with Crippen molar-refractivity contribution >= 4 is 17.0 Å². The monoisotopic (exact) mass is 268 g/mol. The van der Waals surface area contributed by atoms with Crippen molar-refractivity contribution in [3.05, 3.63) is 48.0 Å². The Morgan fingerprint density at radius 3 is 2.85 bits per heavy atom. The van der Waals surface area contributed by atoms with Crippen molar-refractivity contribution in [2.45, 2.75) is 0 Å². The summed E-state index contributed by atoms with van der Waals surface area (Å²) in [5.41, 5.74) is 2.73. The number of rotatable bonds is 2. The second-order valence-electron chi connectivity index (χ2n) is 4.36. The predicted molar refractivity (Wildman–Crippen MR) is 74.5 cm³/mol. The molecule has 2 aromatic carbocycles. The summed E-state index contributed by atoms with van der Waals surface area (Å²) in [6.07, 6.45) is 0. The zero-order chi connectivity index (χ0) is 14.1. The first-order valence-corrected chi connectivity index (χ1v) is 6.05. The largest absolute Gasteiger partial charge is 0.508 e. The standard InChI is InChI=1S/C15H12N2O3/c1-20-15(19)10-5-6-12-13(8-10)17-14(16-12)9-3-2-4-11(18)7-9/h2-8,18H,1H3,(H,16,17). The molecule has 100 valence electrons. The van der Waals surface area contributed by atoms with E-state index in [4.69, 9.17) is 0 Å². The van der Waals surface area contributed by atoms with Gasteiger partial charge in [-0.3, -0.25) is 0 Å². The average Bonchev–Trinajstić information content (AvgIpc) is 2.89. The molecular weight excluding hydrogens is 256 g/mol. The number of carbonyl (C=O) groups is 1. The number of hydrogen-bond donors (Lipinski definition) is 2. The normalized spacial score (nSPS) is 10.7. The van der Waals surface area contributed by atoms with Crippen LogP contribution in [0.4, 0.5) is 0 Å². The lowest BCUT2D eigenvalue weighted by atomic mass is 10.2. The second-order valence-corrected chi connectivity index (χ2v) is 4.36. The molecule has 5 heteroatoms. The summed E-state index contributed by atoms with van der Waals surface area (Å²) in [4.78, 5) is 19.0. The van der Waals surface area contributed by atoms with E-state index in [0.29, 0.717) is 11.4 Å². The molecule has 0 atom stereocenters. The van der Waals surface area contributed by atoms with Crippen molar-refractivity contribution in [3.8, 4) is 17.1 Å². The number of methoxy groups -OCH3 is 1. The summed E-state index contributed by atoms with van der Waals surface area (Å²) >= 11 is 0. The molecule has 0 saturated carbocycles. The Balaban J connectivity index is 2.09. The zero-order valence-electron chi connectivity index (χ0n) is 10.8. The zero-order valence-corrected chi connectivity index (χ0v) is 10.8. The number of aromatic hydroxyl groups is 1. The molecule has 0 aliphatic rings. The smallest absolute Gasteiger partial charge is 0.337 e. The third-order valence-electron chi connectivity index (χ3n) is 3.02. The molecule has 0 aliphatic heterocycles. The maximum Gasteiger partial charge on any atom is 0.337 e. The number of carbonyl (C=O) groups excluding carboxylic acids is 1. The topological polar surface area (TPSA) is 75.2 Å². The third-order valence-corrected chi connectivity index (χ3v) is 3.02. The molecular formula is C15H12N2O3. The minimum atomic E-state index is -0.389. The van der Waals surface area contributed by atoms with Gasteiger partial charge >= 0.3 is 5.97 Å². The van der Waals surface area contributed by atoms with Crippen molar-refractivity contribution in [3.63, 3.8) is 0 Å². The van der Waals surface area contributed by atoms with E-state index in [1.165, 1.54) is 7.11 Å². The van der Waals surface area contributed by atoms with E-state index in [0.717, 1.165) is 16.6 Å². The minimum absolute atomic E-state index is 0.179. The van der Waals surface area contributed by atoms with Crippen LogP contribution in [0.25, 0.3) is 22.4 Å². The molecule has 1 aromatic heterocycles. The first kappa shape index (κ1) is 12.2. The second kappa shape index (κ2) is 4.70. The molecule has 0 spiro atoms. The fourth-order valence-corrected chi connectivity index (χ4v) is 2.04. The van der Waals surface area contributed by atoms with Crippen LogP contribution < -0.4 is 0 Å². The molecule has 0 aliphatic carbocycles. The van der Waals surface area contributed by atoms with Gasteiger partial charge < -0.3 is 14.8 Å². The molecule has 3 rings (SSSR count). The number of H-pyrrole nitrogens is 1. The summed E-state index contributed by atoms with van der Waals surface area (Å²) < 4.78 is 4.69. The highest BCUT2D eigenvalue weighted by Gasteiger charge is 2.10. The Hall–Kier alpha value is -2.82. The van der Waals surface area contributed by atoms with Crippen LogP contribution in [0.15, 0.2) is 42.5 Å². The number of phenols is 1. The number of ether oxygens (including phenoxy) is 1. The van der Waals surface area contributed by atoms with Crippen molar-refractivity contribution in [2.75, 3.05) is 7.11 Å². The lowest BCUT2D eigenvalue weighted by Crippen LogP contribution is -2.00. The fraction of sp³-hybridized carbons (Fsp3) is 0.0667. The summed E-state index contributed by atoms with van der Waals surface area (Å²) in [5, 5.41) is 9.50. The Labute approximate surface area is 114 Å². The number of hydrogen-bond acceptors (Lipinski definition) is 4. The number of aromatic amines is 1. The van der Waals surface area contributed by atoms with Crippen LogP contribution in [-0.4, -0.2) is 28.2 Å². The Kier molecular flexibility index (Phi) is 2.87. The fourth-order valence-electron chi connectivity index (χ4n) is 2.04. The van der Waals surface area contributed by atoms with E-state index >= 15 is 0 Å². The minimum Gasteiger partial charge on any atom is -0.508 e. The summed E-state index contributed by atoms with van der Waals surface area (Å²) in [6.45, 7) is 0. The van der Waals surface area contributed by atoms with E-state index in [1.807, 2.05) is 6.07 Å². The number of benzene rings is 2. The highest BCUT2D eigenvalue weighted by molar-refractivity contribution is 5.94. The number of nitrogens with zero attached hydrogens (tertiary/aromatic N) is 1. The van der Waals surface area contributed by atoms with Crippen molar-refractivity contribution in [2.24, 2.45) is 0 Å². The molecule has 0 bridgehead atoms. The quantitative estimate of drug-likeness (QED) is 0.701. The van der Waals surface area contributed by atoms with E-state index in [9.17, 15) is 9.90 Å². The number of phenolic OH excluding ortho intramolecular Hbond substituents is 1. The number of imidazole rings is 1. The van der Waals surface area contributed by atoms with E-state index in [1.54, 1.807) is 36.4 Å². The Morgan fingerprint density at radius 2 is 2.10 bits per heavy atom. The van der Waals surface area contributed by atoms with Gasteiger partial charge in [0.1, 0.15) is 11.6 Å². The molecule has 0 fully saturated rings. The van der Waals surface area contributed by atoms with Crippen LogP contribution in [0, 0.1) is 0 Å². The van der Waals surface area contributed by atoms with Gasteiger partial charge in [0.2, 0.25) is 0 Å². The Bertz CT molecular complexity index is 793. The summed E-state index contributed by atoms with van der Waals surface area (Å²) in [6, 6.07) is 11.9. The van der Waals surface area contributed by atoms with Gasteiger partial charge in [-0.1, -0.05) is 12.1 Å². The SMILES string of the molecule is COC(=O)c1ccc2nc(-c3cccc(O)c3)[nH]c2c1. The van der Waals surface area contributed by atoms with E-state index < -0.39 is 0 Å². The van der Waals surface area contributed by atoms with Crippen molar-refractivity contribution in [1.29, 1.82) is 0 Å². The maximum atomic E-state index is 11.5. The van der Waals surface area contributed by atoms with Crippen LogP contribution in [-0.2, 0) is 4.74 Å². The summed E-state index contributed by atoms with van der Waals surface area (Å²) in [5.74, 6) is 0.427. The van der Waals surface area contributed by atoms with Crippen LogP contribution in [0.2, 0.25) is 0 Å². The molecule has 0 amide bonds. The van der Waals surface area contributed by atoms with Crippen molar-refractivity contribution in [1.82, 2.24) is 9.97 Å². The number of fused-ring (bicyclic) bond motifs is 1. The maximum absolute atomic E-state index is 11.5. The van der Waals surface area contributed by atoms with Gasteiger partial charge in [-0.2, -0.15) is 0 Å². The lowest BCUT2D eigenvalue weighted by Gasteiger charge is -1.97. The molecule has 2 N–H and O–H groups in total. The van der Waals surface area contributed by atoms with Gasteiger partial charge in [0.25, 0.3) is 0 Å². The third kappa shape index (κ3) is 2.09. The molecule has 3 aromatic rings. The first-order valence-electron chi connectivity index (χ1n) is 6.05. The highest BCUT2D eigenvalue weighted by Crippen LogP contribution is 2.24. The Morgan fingerprint density at radius 1 is 1.25 bits per heavy atom.